The molecule has 0 spiro atoms. The van der Waals surface area contributed by atoms with Gasteiger partial charge in [-0.2, -0.15) is 0 Å². The topological polar surface area (TPSA) is 57.3 Å². The smallest absolute Gasteiger partial charge is 0.220 e. The van der Waals surface area contributed by atoms with Gasteiger partial charge in [0.1, 0.15) is 11.0 Å². The van der Waals surface area contributed by atoms with Crippen LogP contribution in [0.5, 0.6) is 0 Å². The van der Waals surface area contributed by atoms with Crippen molar-refractivity contribution in [3.05, 3.63) is 20.9 Å². The Balaban J connectivity index is 1.50. The number of aromatic nitrogens is 1. The molecular weight excluding hydrogens is 415 g/mol. The number of piperidine rings is 2. The zero-order valence-corrected chi connectivity index (χ0v) is 15.2. The first-order chi connectivity index (χ1) is 10.6. The van der Waals surface area contributed by atoms with Crippen LogP contribution in [-0.2, 0) is 4.79 Å². The molecule has 2 fully saturated rings. The van der Waals surface area contributed by atoms with Crippen molar-refractivity contribution < 1.29 is 4.79 Å². The third kappa shape index (κ3) is 4.23. The van der Waals surface area contributed by atoms with E-state index in [4.69, 9.17) is 11.6 Å². The van der Waals surface area contributed by atoms with Gasteiger partial charge >= 0.3 is 0 Å². The first kappa shape index (κ1) is 16.3. The van der Waals surface area contributed by atoms with Crippen molar-refractivity contribution in [3.8, 4) is 0 Å². The number of nitrogens with zero attached hydrogens (tertiary/aromatic N) is 2. The highest BCUT2D eigenvalue weighted by Gasteiger charge is 2.28. The van der Waals surface area contributed by atoms with E-state index in [1.807, 2.05) is 12.1 Å². The predicted molar refractivity (Wildman–Crippen MR) is 96.2 cm³/mol. The summed E-state index contributed by atoms with van der Waals surface area (Å²) in [5.74, 6) is 1.05. The minimum atomic E-state index is 0.189. The van der Waals surface area contributed by atoms with Crippen molar-refractivity contribution >= 4 is 45.9 Å². The predicted octanol–water partition coefficient (Wildman–Crippen LogP) is 2.49. The van der Waals surface area contributed by atoms with Gasteiger partial charge in [0.15, 0.2) is 0 Å². The number of halogens is 2. The molecule has 0 radical (unpaired) electrons. The van der Waals surface area contributed by atoms with Gasteiger partial charge in [0.25, 0.3) is 0 Å². The molecule has 3 heterocycles. The van der Waals surface area contributed by atoms with E-state index in [9.17, 15) is 4.79 Å². The molecule has 1 amide bonds. The van der Waals surface area contributed by atoms with Crippen LogP contribution in [0.1, 0.15) is 25.7 Å². The minimum Gasteiger partial charge on any atom is -0.367 e. The van der Waals surface area contributed by atoms with Gasteiger partial charge in [-0.05, 0) is 54.0 Å². The number of likely N-dealkylation sites (tertiary alicyclic amines) is 1. The minimum absolute atomic E-state index is 0.189. The molecule has 2 saturated heterocycles. The number of carbonyl (C=O) groups is 1. The summed E-state index contributed by atoms with van der Waals surface area (Å²) >= 11 is 8.26. The largest absolute Gasteiger partial charge is 0.367 e. The van der Waals surface area contributed by atoms with Crippen molar-refractivity contribution in [2.45, 2.75) is 37.8 Å². The first-order valence-corrected chi connectivity index (χ1v) is 9.16. The molecule has 1 aromatic heterocycles. The van der Waals surface area contributed by atoms with Crippen LogP contribution in [0.4, 0.5) is 5.82 Å². The number of hydrogen-bond donors (Lipinski definition) is 2. The maximum atomic E-state index is 11.2. The molecule has 1 unspecified atom stereocenters. The van der Waals surface area contributed by atoms with E-state index in [1.54, 1.807) is 0 Å². The molecule has 1 aromatic rings. The Kier molecular flexibility index (Phi) is 5.41. The fourth-order valence-electron chi connectivity index (χ4n) is 3.19. The molecule has 2 aliphatic heterocycles. The van der Waals surface area contributed by atoms with Crippen LogP contribution >= 0.6 is 34.2 Å². The van der Waals surface area contributed by atoms with Crippen LogP contribution in [0.3, 0.4) is 0 Å². The number of amides is 1. The van der Waals surface area contributed by atoms with Crippen molar-refractivity contribution in [2.75, 3.05) is 25.0 Å². The van der Waals surface area contributed by atoms with Crippen molar-refractivity contribution in [2.24, 2.45) is 0 Å². The Morgan fingerprint density at radius 3 is 2.73 bits per heavy atom. The van der Waals surface area contributed by atoms with E-state index < -0.39 is 0 Å². The lowest BCUT2D eigenvalue weighted by Gasteiger charge is -2.39. The zero-order chi connectivity index (χ0) is 15.5. The summed E-state index contributed by atoms with van der Waals surface area (Å²) in [4.78, 5) is 18.1. The molecule has 2 aliphatic rings. The molecular formula is C15H20ClIN4O. The first-order valence-electron chi connectivity index (χ1n) is 7.70. The second-order valence-electron chi connectivity index (χ2n) is 5.94. The Morgan fingerprint density at radius 2 is 2.09 bits per heavy atom. The molecule has 0 saturated carbocycles. The Bertz CT molecular complexity index is 518. The standard InChI is InChI=1S/C15H20ClIN4O/c16-13-7-10(17)8-14(20-13)19-11-3-5-21(6-4-11)12-1-2-15(22)18-9-12/h7-8,11-12H,1-6,9H2,(H,18,22)(H,19,20). The van der Waals surface area contributed by atoms with Gasteiger partial charge < -0.3 is 10.6 Å². The molecule has 0 aromatic carbocycles. The van der Waals surface area contributed by atoms with E-state index in [0.29, 0.717) is 23.7 Å². The normalized spacial score (nSPS) is 24.1. The highest BCUT2D eigenvalue weighted by Crippen LogP contribution is 2.22. The monoisotopic (exact) mass is 434 g/mol. The van der Waals surface area contributed by atoms with Crippen LogP contribution in [0, 0.1) is 3.57 Å². The molecule has 120 valence electrons. The molecule has 0 aliphatic carbocycles. The van der Waals surface area contributed by atoms with Crippen LogP contribution < -0.4 is 10.6 Å². The van der Waals surface area contributed by atoms with Crippen molar-refractivity contribution in [1.29, 1.82) is 0 Å². The molecule has 3 rings (SSSR count). The number of hydrogen-bond acceptors (Lipinski definition) is 4. The number of nitrogens with one attached hydrogen (secondary N) is 2. The van der Waals surface area contributed by atoms with Gasteiger partial charge in [0.05, 0.1) is 0 Å². The maximum Gasteiger partial charge on any atom is 0.220 e. The lowest BCUT2D eigenvalue weighted by Crippen LogP contribution is -2.51. The third-order valence-electron chi connectivity index (χ3n) is 4.40. The lowest BCUT2D eigenvalue weighted by atomic mass is 9.99. The highest BCUT2D eigenvalue weighted by molar-refractivity contribution is 14.1. The van der Waals surface area contributed by atoms with Gasteiger partial charge in [-0.1, -0.05) is 11.6 Å². The average Bonchev–Trinajstić information content (AvgIpc) is 2.48. The van der Waals surface area contributed by atoms with Crippen LogP contribution in [-0.4, -0.2) is 47.5 Å². The van der Waals surface area contributed by atoms with Crippen molar-refractivity contribution in [1.82, 2.24) is 15.2 Å². The molecule has 0 bridgehead atoms. The summed E-state index contributed by atoms with van der Waals surface area (Å²) in [6.45, 7) is 2.93. The molecule has 5 nitrogen and oxygen atoms in total. The molecule has 22 heavy (non-hydrogen) atoms. The van der Waals surface area contributed by atoms with Crippen molar-refractivity contribution in [3.63, 3.8) is 0 Å². The summed E-state index contributed by atoms with van der Waals surface area (Å²) in [6.07, 6.45) is 3.83. The number of carbonyl (C=O) groups excluding carboxylic acids is 1. The second kappa shape index (κ2) is 7.31. The second-order valence-corrected chi connectivity index (χ2v) is 7.58. The third-order valence-corrected chi connectivity index (χ3v) is 5.21. The summed E-state index contributed by atoms with van der Waals surface area (Å²) in [5.41, 5.74) is 0. The number of anilines is 1. The van der Waals surface area contributed by atoms with Gasteiger partial charge in [-0.15, -0.1) is 0 Å². The van der Waals surface area contributed by atoms with Gasteiger partial charge in [0, 0.05) is 41.7 Å². The van der Waals surface area contributed by atoms with E-state index >= 15 is 0 Å². The lowest BCUT2D eigenvalue weighted by molar-refractivity contribution is -0.123. The van der Waals surface area contributed by atoms with Gasteiger partial charge in [-0.3, -0.25) is 9.69 Å². The summed E-state index contributed by atoms with van der Waals surface area (Å²) in [5, 5.41) is 7.00. The summed E-state index contributed by atoms with van der Waals surface area (Å²) < 4.78 is 1.09. The highest BCUT2D eigenvalue weighted by atomic mass is 127. The van der Waals surface area contributed by atoms with Crippen LogP contribution in [0.2, 0.25) is 5.15 Å². The van der Waals surface area contributed by atoms with E-state index in [0.717, 1.165) is 48.3 Å². The zero-order valence-electron chi connectivity index (χ0n) is 12.3. The SMILES string of the molecule is O=C1CCC(N2CCC(Nc3cc(I)cc(Cl)n3)CC2)CN1. The Morgan fingerprint density at radius 1 is 1.32 bits per heavy atom. The molecule has 7 heteroatoms. The van der Waals surface area contributed by atoms with Crippen LogP contribution in [0.25, 0.3) is 0 Å². The molecule has 2 N–H and O–H groups in total. The number of rotatable bonds is 3. The average molecular weight is 435 g/mol. The maximum absolute atomic E-state index is 11.2. The summed E-state index contributed by atoms with van der Waals surface area (Å²) in [7, 11) is 0. The van der Waals surface area contributed by atoms with E-state index in [-0.39, 0.29) is 5.91 Å². The summed E-state index contributed by atoms with van der Waals surface area (Å²) in [6, 6.07) is 4.82. The quantitative estimate of drug-likeness (QED) is 0.567. The van der Waals surface area contributed by atoms with E-state index in [2.05, 4.69) is 43.1 Å². The molecule has 1 atom stereocenters. The fourth-order valence-corrected chi connectivity index (χ4v) is 4.17. The van der Waals surface area contributed by atoms with Crippen LogP contribution in [0.15, 0.2) is 12.1 Å². The Hall–Kier alpha value is -0.600. The fraction of sp³-hybridized carbons (Fsp3) is 0.600. The van der Waals surface area contributed by atoms with Gasteiger partial charge in [-0.25, -0.2) is 4.98 Å². The van der Waals surface area contributed by atoms with E-state index in [1.165, 1.54) is 0 Å². The van der Waals surface area contributed by atoms with Gasteiger partial charge in [0.2, 0.25) is 5.91 Å². The number of pyridine rings is 1. The Labute approximate surface area is 149 Å².